The van der Waals surface area contributed by atoms with E-state index in [4.69, 9.17) is 9.47 Å². The van der Waals surface area contributed by atoms with E-state index in [9.17, 15) is 4.79 Å². The molecule has 0 aliphatic heterocycles. The average molecular weight is 333 g/mol. The molecule has 0 aliphatic rings. The Morgan fingerprint density at radius 1 is 1.17 bits per heavy atom. The van der Waals surface area contributed by atoms with E-state index in [1.807, 2.05) is 30.3 Å². The highest BCUT2D eigenvalue weighted by molar-refractivity contribution is 5.79. The first kappa shape index (κ1) is 18.0. The topological polar surface area (TPSA) is 82.4 Å². The molecule has 0 aliphatic carbocycles. The molecule has 1 aromatic heterocycles. The lowest BCUT2D eigenvalue weighted by atomic mass is 10.2. The van der Waals surface area contributed by atoms with E-state index < -0.39 is 6.04 Å². The van der Waals surface area contributed by atoms with Crippen LogP contribution in [-0.4, -0.2) is 71.5 Å². The van der Waals surface area contributed by atoms with Crippen molar-refractivity contribution in [3.05, 3.63) is 30.3 Å². The maximum Gasteiger partial charge on any atom is 0.249 e. The Morgan fingerprint density at radius 3 is 2.38 bits per heavy atom. The van der Waals surface area contributed by atoms with E-state index in [0.29, 0.717) is 32.1 Å². The fourth-order valence-corrected chi connectivity index (χ4v) is 2.19. The standard InChI is InChI=1S/C16H23N5O3/c1-13(16(22)20(9-11-23-2)10-12-24-3)21-18-15(17-19-21)14-7-5-4-6-8-14/h4-8,13H,9-12H2,1-3H3. The van der Waals surface area contributed by atoms with Crippen molar-refractivity contribution in [2.45, 2.75) is 13.0 Å². The largest absolute Gasteiger partial charge is 0.383 e. The second-order valence-corrected chi connectivity index (χ2v) is 5.29. The number of tetrazole rings is 1. The number of methoxy groups -OCH3 is 2. The fourth-order valence-electron chi connectivity index (χ4n) is 2.19. The van der Waals surface area contributed by atoms with Crippen LogP contribution >= 0.6 is 0 Å². The molecule has 1 amide bonds. The van der Waals surface area contributed by atoms with Crippen molar-refractivity contribution in [2.75, 3.05) is 40.5 Å². The van der Waals surface area contributed by atoms with Crippen molar-refractivity contribution in [2.24, 2.45) is 0 Å². The molecule has 0 radical (unpaired) electrons. The number of hydrogen-bond donors (Lipinski definition) is 0. The van der Waals surface area contributed by atoms with Crippen LogP contribution in [0.15, 0.2) is 30.3 Å². The van der Waals surface area contributed by atoms with Crippen molar-refractivity contribution in [3.8, 4) is 11.4 Å². The molecule has 0 fully saturated rings. The summed E-state index contributed by atoms with van der Waals surface area (Å²) in [6.45, 7) is 3.66. The molecule has 0 spiro atoms. The number of ether oxygens (including phenoxy) is 2. The fraction of sp³-hybridized carbons (Fsp3) is 0.500. The third-order valence-corrected chi connectivity index (χ3v) is 3.61. The van der Waals surface area contributed by atoms with Gasteiger partial charge in [-0.1, -0.05) is 30.3 Å². The van der Waals surface area contributed by atoms with Gasteiger partial charge in [-0.25, -0.2) is 0 Å². The summed E-state index contributed by atoms with van der Waals surface area (Å²) in [6.07, 6.45) is 0. The smallest absolute Gasteiger partial charge is 0.249 e. The van der Waals surface area contributed by atoms with E-state index in [0.717, 1.165) is 5.56 Å². The monoisotopic (exact) mass is 333 g/mol. The molecule has 0 bridgehead atoms. The Hall–Kier alpha value is -2.32. The van der Waals surface area contributed by atoms with Gasteiger partial charge in [-0.15, -0.1) is 10.2 Å². The maximum atomic E-state index is 12.7. The first-order chi connectivity index (χ1) is 11.7. The Morgan fingerprint density at radius 2 is 1.79 bits per heavy atom. The minimum atomic E-state index is -0.552. The minimum absolute atomic E-state index is 0.0962. The summed E-state index contributed by atoms with van der Waals surface area (Å²) >= 11 is 0. The van der Waals surface area contributed by atoms with E-state index in [2.05, 4.69) is 15.4 Å². The van der Waals surface area contributed by atoms with Crippen LogP contribution in [-0.2, 0) is 14.3 Å². The molecule has 130 valence electrons. The van der Waals surface area contributed by atoms with Gasteiger partial charge in [0.05, 0.1) is 13.2 Å². The second kappa shape index (κ2) is 9.09. The van der Waals surface area contributed by atoms with Crippen LogP contribution in [0.1, 0.15) is 13.0 Å². The van der Waals surface area contributed by atoms with Crippen LogP contribution in [0.5, 0.6) is 0 Å². The zero-order chi connectivity index (χ0) is 17.4. The van der Waals surface area contributed by atoms with E-state index in [1.54, 1.807) is 26.0 Å². The molecule has 2 rings (SSSR count). The summed E-state index contributed by atoms with van der Waals surface area (Å²) in [6, 6.07) is 8.98. The van der Waals surface area contributed by atoms with Crippen LogP contribution in [0, 0.1) is 0 Å². The molecule has 0 saturated heterocycles. The zero-order valence-electron chi connectivity index (χ0n) is 14.3. The molecule has 1 aromatic carbocycles. The highest BCUT2D eigenvalue weighted by Gasteiger charge is 2.24. The first-order valence-corrected chi connectivity index (χ1v) is 7.79. The Balaban J connectivity index is 2.09. The van der Waals surface area contributed by atoms with Crippen LogP contribution in [0.2, 0.25) is 0 Å². The quantitative estimate of drug-likeness (QED) is 0.681. The lowest BCUT2D eigenvalue weighted by Crippen LogP contribution is -2.40. The lowest BCUT2D eigenvalue weighted by Gasteiger charge is -2.24. The number of rotatable bonds is 9. The minimum Gasteiger partial charge on any atom is -0.383 e. The molecule has 0 saturated carbocycles. The van der Waals surface area contributed by atoms with Crippen molar-refractivity contribution >= 4 is 5.91 Å². The van der Waals surface area contributed by atoms with Crippen LogP contribution in [0.4, 0.5) is 0 Å². The molecule has 1 unspecified atom stereocenters. The first-order valence-electron chi connectivity index (χ1n) is 7.79. The van der Waals surface area contributed by atoms with Gasteiger partial charge in [0, 0.05) is 32.9 Å². The van der Waals surface area contributed by atoms with Gasteiger partial charge < -0.3 is 14.4 Å². The molecule has 2 aromatic rings. The number of nitrogens with zero attached hydrogens (tertiary/aromatic N) is 5. The van der Waals surface area contributed by atoms with E-state index in [-0.39, 0.29) is 5.91 Å². The van der Waals surface area contributed by atoms with Gasteiger partial charge in [-0.2, -0.15) is 4.80 Å². The van der Waals surface area contributed by atoms with Crippen molar-refractivity contribution in [1.29, 1.82) is 0 Å². The van der Waals surface area contributed by atoms with Crippen LogP contribution in [0.3, 0.4) is 0 Å². The number of carbonyl (C=O) groups excluding carboxylic acids is 1. The van der Waals surface area contributed by atoms with Crippen LogP contribution < -0.4 is 0 Å². The van der Waals surface area contributed by atoms with Crippen LogP contribution in [0.25, 0.3) is 11.4 Å². The molecule has 1 atom stereocenters. The number of carbonyl (C=O) groups is 1. The van der Waals surface area contributed by atoms with Gasteiger partial charge >= 0.3 is 0 Å². The average Bonchev–Trinajstić information content (AvgIpc) is 3.11. The summed E-state index contributed by atoms with van der Waals surface area (Å²) in [5, 5.41) is 12.4. The zero-order valence-corrected chi connectivity index (χ0v) is 14.3. The molecule has 1 heterocycles. The summed E-state index contributed by atoms with van der Waals surface area (Å²) in [5.74, 6) is 0.400. The molecular formula is C16H23N5O3. The van der Waals surface area contributed by atoms with E-state index >= 15 is 0 Å². The molecule has 8 heteroatoms. The van der Waals surface area contributed by atoms with Gasteiger partial charge in [-0.05, 0) is 12.1 Å². The Kier molecular flexibility index (Phi) is 6.83. The lowest BCUT2D eigenvalue weighted by molar-refractivity contribution is -0.136. The normalized spacial score (nSPS) is 12.1. The Labute approximate surface area is 141 Å². The van der Waals surface area contributed by atoms with Crippen molar-refractivity contribution in [3.63, 3.8) is 0 Å². The molecule has 0 N–H and O–H groups in total. The van der Waals surface area contributed by atoms with Crippen molar-refractivity contribution < 1.29 is 14.3 Å². The SMILES string of the molecule is COCCN(CCOC)C(=O)C(C)n1nnc(-c2ccccc2)n1. The summed E-state index contributed by atoms with van der Waals surface area (Å²) in [5.41, 5.74) is 0.860. The number of hydrogen-bond acceptors (Lipinski definition) is 6. The third-order valence-electron chi connectivity index (χ3n) is 3.61. The highest BCUT2D eigenvalue weighted by Crippen LogP contribution is 2.14. The van der Waals surface area contributed by atoms with Gasteiger partial charge in [-0.3, -0.25) is 4.79 Å². The van der Waals surface area contributed by atoms with Gasteiger partial charge in [0.2, 0.25) is 11.7 Å². The summed E-state index contributed by atoms with van der Waals surface area (Å²) in [7, 11) is 3.21. The van der Waals surface area contributed by atoms with Gasteiger partial charge in [0.15, 0.2) is 0 Å². The Bertz CT molecular complexity index is 624. The third kappa shape index (κ3) is 4.59. The molecule has 8 nitrogen and oxygen atoms in total. The number of aromatic nitrogens is 4. The number of amides is 1. The number of benzene rings is 1. The summed E-state index contributed by atoms with van der Waals surface area (Å²) < 4.78 is 10.1. The predicted octanol–water partition coefficient (Wildman–Crippen LogP) is 1.02. The maximum absolute atomic E-state index is 12.7. The van der Waals surface area contributed by atoms with Gasteiger partial charge in [0.1, 0.15) is 6.04 Å². The second-order valence-electron chi connectivity index (χ2n) is 5.29. The molecule has 24 heavy (non-hydrogen) atoms. The van der Waals surface area contributed by atoms with Gasteiger partial charge in [0.25, 0.3) is 0 Å². The molecular weight excluding hydrogens is 310 g/mol. The predicted molar refractivity (Wildman–Crippen MR) is 88.3 cm³/mol. The van der Waals surface area contributed by atoms with Crippen molar-refractivity contribution in [1.82, 2.24) is 25.1 Å². The van der Waals surface area contributed by atoms with E-state index in [1.165, 1.54) is 4.80 Å². The summed E-state index contributed by atoms with van der Waals surface area (Å²) in [4.78, 5) is 15.7. The highest BCUT2D eigenvalue weighted by atomic mass is 16.5.